The molecule has 2 aliphatic rings. The number of Topliss-reactive ketones (excluding diaryl/α,β-unsaturated/α-hetero) is 1. The van der Waals surface area contributed by atoms with Crippen LogP contribution in [0.5, 0.6) is 0 Å². The second-order valence-electron chi connectivity index (χ2n) is 7.18. The number of azo groups is 1. The van der Waals surface area contributed by atoms with Gasteiger partial charge in [-0.25, -0.2) is 0 Å². The Morgan fingerprint density at radius 3 is 2.15 bits per heavy atom. The molecule has 2 aromatic rings. The smallest absolute Gasteiger partial charge is 0.189 e. The van der Waals surface area contributed by atoms with E-state index in [4.69, 9.17) is 0 Å². The van der Waals surface area contributed by atoms with Gasteiger partial charge in [0.25, 0.3) is 0 Å². The van der Waals surface area contributed by atoms with E-state index >= 15 is 0 Å². The molecule has 132 valence electrons. The molecular formula is C23H24N2O. The largest absolute Gasteiger partial charge is 0.292 e. The van der Waals surface area contributed by atoms with Crippen LogP contribution in [0.1, 0.15) is 44.7 Å². The highest BCUT2D eigenvalue weighted by Gasteiger charge is 2.69. The zero-order valence-electron chi connectivity index (χ0n) is 15.6. The van der Waals surface area contributed by atoms with Gasteiger partial charge in [-0.05, 0) is 36.5 Å². The molecule has 1 aliphatic heterocycles. The molecule has 0 fully saturated rings. The first-order valence-electron chi connectivity index (χ1n) is 9.44. The second-order valence-corrected chi connectivity index (χ2v) is 7.18. The minimum absolute atomic E-state index is 0.0898. The first-order valence-corrected chi connectivity index (χ1v) is 9.44. The predicted octanol–water partition coefficient (Wildman–Crippen LogP) is 5.37. The molecule has 3 unspecified atom stereocenters. The molecule has 0 saturated carbocycles. The standard InChI is InChI=1S/C23H24N2O/c1-4-19-20(17-12-8-6-9-13-17)23(18-14-10-7-11-15-18)16(3)24-25-22(23,5-2)21(19)26/h6-16H,4-5H2,1-3H3. The Balaban J connectivity index is 2.13. The summed E-state index contributed by atoms with van der Waals surface area (Å²) in [6.07, 6.45) is 1.36. The maximum atomic E-state index is 13.7. The van der Waals surface area contributed by atoms with Gasteiger partial charge in [-0.1, -0.05) is 74.5 Å². The highest BCUT2D eigenvalue weighted by Crippen LogP contribution is 2.62. The van der Waals surface area contributed by atoms with Crippen molar-refractivity contribution in [2.45, 2.75) is 50.6 Å². The molecule has 3 nitrogen and oxygen atoms in total. The summed E-state index contributed by atoms with van der Waals surface area (Å²) in [7, 11) is 0. The summed E-state index contributed by atoms with van der Waals surface area (Å²) >= 11 is 0. The molecule has 0 radical (unpaired) electrons. The number of benzene rings is 2. The van der Waals surface area contributed by atoms with Crippen LogP contribution in [-0.2, 0) is 10.2 Å². The zero-order valence-corrected chi connectivity index (χ0v) is 15.6. The third-order valence-corrected chi connectivity index (χ3v) is 6.18. The van der Waals surface area contributed by atoms with Gasteiger partial charge in [-0.15, -0.1) is 0 Å². The molecule has 26 heavy (non-hydrogen) atoms. The summed E-state index contributed by atoms with van der Waals surface area (Å²) < 4.78 is 0. The van der Waals surface area contributed by atoms with Gasteiger partial charge in [0.2, 0.25) is 0 Å². The molecule has 0 saturated heterocycles. The molecule has 0 aromatic heterocycles. The normalized spacial score (nSPS) is 30.1. The summed E-state index contributed by atoms with van der Waals surface area (Å²) in [5.41, 5.74) is 2.91. The van der Waals surface area contributed by atoms with Crippen LogP contribution in [0.4, 0.5) is 0 Å². The SMILES string of the molecule is CCC1=C(c2ccccc2)C2(c3ccccc3)C(C)N=NC2(CC)C1=O. The molecule has 0 N–H and O–H groups in total. The average Bonchev–Trinajstić information content (AvgIpc) is 3.12. The molecular weight excluding hydrogens is 320 g/mol. The number of fused-ring (bicyclic) bond motifs is 1. The van der Waals surface area contributed by atoms with Crippen LogP contribution < -0.4 is 0 Å². The third kappa shape index (κ3) is 1.86. The van der Waals surface area contributed by atoms with Crippen molar-refractivity contribution in [1.29, 1.82) is 0 Å². The van der Waals surface area contributed by atoms with Crippen LogP contribution in [-0.4, -0.2) is 17.4 Å². The van der Waals surface area contributed by atoms with Crippen LogP contribution in [0.25, 0.3) is 5.57 Å². The molecule has 3 atom stereocenters. The summed E-state index contributed by atoms with van der Waals surface area (Å²) in [5, 5.41) is 9.24. The number of hydrogen-bond donors (Lipinski definition) is 0. The quantitative estimate of drug-likeness (QED) is 0.735. The van der Waals surface area contributed by atoms with Crippen LogP contribution >= 0.6 is 0 Å². The van der Waals surface area contributed by atoms with E-state index in [1.54, 1.807) is 0 Å². The van der Waals surface area contributed by atoms with E-state index in [9.17, 15) is 4.79 Å². The van der Waals surface area contributed by atoms with Gasteiger partial charge >= 0.3 is 0 Å². The van der Waals surface area contributed by atoms with Crippen LogP contribution in [0.2, 0.25) is 0 Å². The number of ketones is 1. The van der Waals surface area contributed by atoms with E-state index in [0.717, 1.165) is 22.3 Å². The zero-order chi connectivity index (χ0) is 18.4. The van der Waals surface area contributed by atoms with E-state index in [1.807, 2.05) is 36.4 Å². The highest BCUT2D eigenvalue weighted by molar-refractivity contribution is 6.18. The van der Waals surface area contributed by atoms with E-state index in [2.05, 4.69) is 55.3 Å². The number of hydrogen-bond acceptors (Lipinski definition) is 3. The molecule has 0 spiro atoms. The summed E-state index contributed by atoms with van der Waals surface area (Å²) in [6.45, 7) is 6.23. The lowest BCUT2D eigenvalue weighted by Crippen LogP contribution is -2.53. The molecule has 2 aromatic carbocycles. The molecule has 0 bridgehead atoms. The van der Waals surface area contributed by atoms with Crippen molar-refractivity contribution < 1.29 is 4.79 Å². The summed E-state index contributed by atoms with van der Waals surface area (Å²) in [6, 6.07) is 20.6. The molecule has 0 amide bonds. The number of carbonyl (C=O) groups excluding carboxylic acids is 1. The lowest BCUT2D eigenvalue weighted by molar-refractivity contribution is -0.120. The lowest BCUT2D eigenvalue weighted by Gasteiger charge is -2.41. The first-order chi connectivity index (χ1) is 12.6. The van der Waals surface area contributed by atoms with Crippen molar-refractivity contribution in [2.75, 3.05) is 0 Å². The number of nitrogens with zero attached hydrogens (tertiary/aromatic N) is 2. The first kappa shape index (κ1) is 16.9. The van der Waals surface area contributed by atoms with Crippen molar-refractivity contribution in [3.63, 3.8) is 0 Å². The van der Waals surface area contributed by atoms with Crippen LogP contribution in [0, 0.1) is 0 Å². The minimum atomic E-state index is -0.829. The average molecular weight is 344 g/mol. The Kier molecular flexibility index (Phi) is 3.91. The van der Waals surface area contributed by atoms with Crippen molar-refractivity contribution in [3.8, 4) is 0 Å². The fourth-order valence-corrected chi connectivity index (χ4v) is 5.12. The fraction of sp³-hybridized carbons (Fsp3) is 0.348. The van der Waals surface area contributed by atoms with Crippen LogP contribution in [0.15, 0.2) is 76.5 Å². The highest BCUT2D eigenvalue weighted by atomic mass is 16.1. The fourth-order valence-electron chi connectivity index (χ4n) is 5.12. The van der Waals surface area contributed by atoms with Gasteiger partial charge in [-0.3, -0.25) is 4.79 Å². The van der Waals surface area contributed by atoms with Crippen molar-refractivity contribution in [1.82, 2.24) is 0 Å². The Morgan fingerprint density at radius 2 is 1.58 bits per heavy atom. The van der Waals surface area contributed by atoms with Gasteiger partial charge in [0.1, 0.15) is 0 Å². The van der Waals surface area contributed by atoms with Crippen molar-refractivity contribution in [3.05, 3.63) is 77.4 Å². The van der Waals surface area contributed by atoms with Gasteiger partial charge < -0.3 is 0 Å². The van der Waals surface area contributed by atoms with Gasteiger partial charge in [0, 0.05) is 5.57 Å². The van der Waals surface area contributed by atoms with Crippen molar-refractivity contribution in [2.24, 2.45) is 10.2 Å². The molecule has 3 heteroatoms. The predicted molar refractivity (Wildman–Crippen MR) is 104 cm³/mol. The minimum Gasteiger partial charge on any atom is -0.292 e. The Morgan fingerprint density at radius 1 is 0.962 bits per heavy atom. The Labute approximate surface area is 154 Å². The van der Waals surface area contributed by atoms with Crippen LogP contribution in [0.3, 0.4) is 0 Å². The maximum Gasteiger partial charge on any atom is 0.189 e. The summed E-state index contributed by atoms with van der Waals surface area (Å²) in [5.74, 6) is 0.151. The van der Waals surface area contributed by atoms with E-state index in [0.29, 0.717) is 12.8 Å². The molecule has 1 aliphatic carbocycles. The number of rotatable bonds is 4. The molecule has 4 rings (SSSR count). The maximum absolute atomic E-state index is 13.7. The third-order valence-electron chi connectivity index (χ3n) is 6.18. The second kappa shape index (κ2) is 6.01. The monoisotopic (exact) mass is 344 g/mol. The van der Waals surface area contributed by atoms with E-state index < -0.39 is 11.0 Å². The Bertz CT molecular complexity index is 900. The molecule has 1 heterocycles. The van der Waals surface area contributed by atoms with Gasteiger partial charge in [-0.2, -0.15) is 10.2 Å². The van der Waals surface area contributed by atoms with E-state index in [1.165, 1.54) is 0 Å². The Hall–Kier alpha value is -2.55. The van der Waals surface area contributed by atoms with E-state index in [-0.39, 0.29) is 11.8 Å². The van der Waals surface area contributed by atoms with Gasteiger partial charge in [0.05, 0.1) is 11.5 Å². The van der Waals surface area contributed by atoms with Crippen molar-refractivity contribution >= 4 is 11.4 Å². The van der Waals surface area contributed by atoms with Gasteiger partial charge in [0.15, 0.2) is 11.3 Å². The lowest BCUT2D eigenvalue weighted by atomic mass is 9.59. The summed E-state index contributed by atoms with van der Waals surface area (Å²) in [4.78, 5) is 13.7. The topological polar surface area (TPSA) is 41.8 Å². The number of carbonyl (C=O) groups is 1.